The fraction of sp³-hybridized carbons (Fsp3) is 0.667. The lowest BCUT2D eigenvalue weighted by Crippen LogP contribution is -2.27. The van der Waals surface area contributed by atoms with Crippen LogP contribution in [0.2, 0.25) is 0 Å². The van der Waals surface area contributed by atoms with Gasteiger partial charge < -0.3 is 4.74 Å². The molecule has 0 saturated heterocycles. The van der Waals surface area contributed by atoms with Gasteiger partial charge >= 0.3 is 5.97 Å². The zero-order valence-corrected chi connectivity index (χ0v) is 12.9. The first-order chi connectivity index (χ1) is 8.00. The molecule has 0 bridgehead atoms. The molecule has 0 unspecified atom stereocenters. The molecule has 0 aromatic heterocycles. The van der Waals surface area contributed by atoms with Crippen molar-refractivity contribution in [2.24, 2.45) is 5.41 Å². The third kappa shape index (κ3) is 4.16. The largest absolute Gasteiger partial charge is 0.457 e. The van der Waals surface area contributed by atoms with E-state index < -0.39 is 5.60 Å². The second-order valence-corrected chi connectivity index (χ2v) is 7.22. The summed E-state index contributed by atoms with van der Waals surface area (Å²) in [6.07, 6.45) is 3.30. The molecule has 0 aromatic rings. The standard InChI is InChI=1S/C15H23ClO2/c1-14(2,3)12-9-10(16)7-8-11(12)13(17)18-15(4,5)6/h9H,7-8H2,1-6H3. The van der Waals surface area contributed by atoms with Crippen molar-refractivity contribution in [2.75, 3.05) is 0 Å². The summed E-state index contributed by atoms with van der Waals surface area (Å²) in [6, 6.07) is 0. The number of esters is 1. The van der Waals surface area contributed by atoms with Crippen molar-refractivity contribution in [1.82, 2.24) is 0 Å². The molecule has 3 heteroatoms. The van der Waals surface area contributed by atoms with Crippen molar-refractivity contribution in [2.45, 2.75) is 60.0 Å². The van der Waals surface area contributed by atoms with Gasteiger partial charge in [0.1, 0.15) is 5.60 Å². The van der Waals surface area contributed by atoms with Crippen molar-refractivity contribution < 1.29 is 9.53 Å². The Balaban J connectivity index is 3.12. The van der Waals surface area contributed by atoms with Gasteiger partial charge in [0.05, 0.1) is 0 Å². The van der Waals surface area contributed by atoms with Crippen LogP contribution in [0, 0.1) is 5.41 Å². The van der Waals surface area contributed by atoms with Crippen molar-refractivity contribution >= 4 is 17.6 Å². The first-order valence-electron chi connectivity index (χ1n) is 6.34. The van der Waals surface area contributed by atoms with Crippen molar-refractivity contribution in [1.29, 1.82) is 0 Å². The highest BCUT2D eigenvalue weighted by molar-refractivity contribution is 6.30. The van der Waals surface area contributed by atoms with Crippen molar-refractivity contribution in [3.8, 4) is 0 Å². The third-order valence-electron chi connectivity index (χ3n) is 2.69. The van der Waals surface area contributed by atoms with E-state index in [0.717, 1.165) is 22.6 Å². The molecule has 0 spiro atoms. The summed E-state index contributed by atoms with van der Waals surface area (Å²) in [5.74, 6) is -0.215. The average Bonchev–Trinajstić information content (AvgIpc) is 2.13. The summed E-state index contributed by atoms with van der Waals surface area (Å²) in [4.78, 5) is 12.2. The number of halogens is 1. The van der Waals surface area contributed by atoms with E-state index in [-0.39, 0.29) is 11.4 Å². The van der Waals surface area contributed by atoms with Gasteiger partial charge in [-0.1, -0.05) is 32.4 Å². The van der Waals surface area contributed by atoms with Gasteiger partial charge in [-0.3, -0.25) is 0 Å². The molecule has 1 aliphatic rings. The van der Waals surface area contributed by atoms with Gasteiger partial charge in [0.15, 0.2) is 0 Å². The van der Waals surface area contributed by atoms with E-state index in [4.69, 9.17) is 16.3 Å². The van der Waals surface area contributed by atoms with Crippen LogP contribution in [0.15, 0.2) is 22.3 Å². The topological polar surface area (TPSA) is 26.3 Å². The average molecular weight is 271 g/mol. The second kappa shape index (κ2) is 5.08. The van der Waals surface area contributed by atoms with E-state index in [1.54, 1.807) is 0 Å². The minimum Gasteiger partial charge on any atom is -0.457 e. The number of ether oxygens (including phenoxy) is 1. The number of rotatable bonds is 1. The Morgan fingerprint density at radius 2 is 1.72 bits per heavy atom. The van der Waals surface area contributed by atoms with Crippen LogP contribution in [0.4, 0.5) is 0 Å². The molecule has 0 N–H and O–H groups in total. The molecule has 1 aliphatic carbocycles. The maximum Gasteiger partial charge on any atom is 0.334 e. The molecule has 0 aliphatic heterocycles. The Hall–Kier alpha value is -0.760. The lowest BCUT2D eigenvalue weighted by molar-refractivity contribution is -0.150. The smallest absolute Gasteiger partial charge is 0.334 e. The van der Waals surface area contributed by atoms with Crippen LogP contribution in [0.5, 0.6) is 0 Å². The van der Waals surface area contributed by atoms with Gasteiger partial charge in [-0.25, -0.2) is 4.79 Å². The summed E-state index contributed by atoms with van der Waals surface area (Å²) in [5.41, 5.74) is 1.19. The summed E-state index contributed by atoms with van der Waals surface area (Å²) in [6.45, 7) is 11.9. The Bertz CT molecular complexity index is 403. The predicted octanol–water partition coefficient (Wildman–Crippen LogP) is 4.59. The predicted molar refractivity (Wildman–Crippen MR) is 75.5 cm³/mol. The SMILES string of the molecule is CC(C)(C)OC(=O)C1=C(C(C)(C)C)C=C(Cl)CC1. The van der Waals surface area contributed by atoms with Crippen LogP contribution in [0.1, 0.15) is 54.4 Å². The van der Waals surface area contributed by atoms with Crippen LogP contribution in [-0.4, -0.2) is 11.6 Å². The lowest BCUT2D eigenvalue weighted by Gasteiger charge is -2.29. The maximum atomic E-state index is 12.2. The molecule has 2 nitrogen and oxygen atoms in total. The van der Waals surface area contributed by atoms with Crippen molar-refractivity contribution in [3.63, 3.8) is 0 Å². The highest BCUT2D eigenvalue weighted by atomic mass is 35.5. The molecular weight excluding hydrogens is 248 g/mol. The number of carbonyl (C=O) groups is 1. The van der Waals surface area contributed by atoms with E-state index >= 15 is 0 Å². The van der Waals surface area contributed by atoms with E-state index in [1.165, 1.54) is 0 Å². The van der Waals surface area contributed by atoms with Crippen LogP contribution in [0.25, 0.3) is 0 Å². The van der Waals surface area contributed by atoms with E-state index in [9.17, 15) is 4.79 Å². The van der Waals surface area contributed by atoms with Gasteiger partial charge in [-0.05, 0) is 50.7 Å². The fourth-order valence-electron chi connectivity index (χ4n) is 1.92. The van der Waals surface area contributed by atoms with Gasteiger partial charge in [0.2, 0.25) is 0 Å². The summed E-state index contributed by atoms with van der Waals surface area (Å²) in [7, 11) is 0. The molecule has 0 atom stereocenters. The number of carbonyl (C=O) groups excluding carboxylic acids is 1. The molecule has 0 fully saturated rings. The van der Waals surface area contributed by atoms with Crippen LogP contribution >= 0.6 is 11.6 Å². The van der Waals surface area contributed by atoms with E-state index in [1.807, 2.05) is 26.8 Å². The number of hydrogen-bond acceptors (Lipinski definition) is 2. The molecule has 0 heterocycles. The van der Waals surface area contributed by atoms with Crippen LogP contribution in [-0.2, 0) is 9.53 Å². The van der Waals surface area contributed by atoms with Crippen LogP contribution in [0.3, 0.4) is 0 Å². The van der Waals surface area contributed by atoms with E-state index in [2.05, 4.69) is 20.8 Å². The Morgan fingerprint density at radius 3 is 2.17 bits per heavy atom. The van der Waals surface area contributed by atoms with Crippen molar-refractivity contribution in [3.05, 3.63) is 22.3 Å². The minimum absolute atomic E-state index is 0.104. The highest BCUT2D eigenvalue weighted by Gasteiger charge is 2.29. The molecule has 0 aromatic carbocycles. The molecular formula is C15H23ClO2. The molecule has 0 saturated carbocycles. The van der Waals surface area contributed by atoms with E-state index in [0.29, 0.717) is 6.42 Å². The number of hydrogen-bond donors (Lipinski definition) is 0. The zero-order chi connectivity index (χ0) is 14.1. The monoisotopic (exact) mass is 270 g/mol. The van der Waals surface area contributed by atoms with Crippen LogP contribution < -0.4 is 0 Å². The second-order valence-electron chi connectivity index (χ2n) is 6.74. The molecule has 0 amide bonds. The molecule has 102 valence electrons. The molecule has 1 rings (SSSR count). The Kier molecular flexibility index (Phi) is 4.32. The third-order valence-corrected chi connectivity index (χ3v) is 2.99. The van der Waals surface area contributed by atoms with Gasteiger partial charge in [0.25, 0.3) is 0 Å². The Labute approximate surface area is 115 Å². The molecule has 0 radical (unpaired) electrons. The summed E-state index contributed by atoms with van der Waals surface area (Å²) < 4.78 is 5.47. The zero-order valence-electron chi connectivity index (χ0n) is 12.2. The quantitative estimate of drug-likeness (QED) is 0.652. The number of allylic oxidation sites excluding steroid dienone is 3. The van der Waals surface area contributed by atoms with Gasteiger partial charge in [0, 0.05) is 10.6 Å². The Morgan fingerprint density at radius 1 is 1.17 bits per heavy atom. The normalized spacial score (nSPS) is 17.6. The first-order valence-corrected chi connectivity index (χ1v) is 6.71. The fourth-order valence-corrected chi connectivity index (χ4v) is 2.12. The van der Waals surface area contributed by atoms with Gasteiger partial charge in [-0.15, -0.1) is 0 Å². The maximum absolute atomic E-state index is 12.2. The summed E-state index contributed by atoms with van der Waals surface area (Å²) in [5, 5.41) is 0.812. The minimum atomic E-state index is -0.460. The lowest BCUT2D eigenvalue weighted by atomic mass is 9.79. The summed E-state index contributed by atoms with van der Waals surface area (Å²) >= 11 is 6.10. The highest BCUT2D eigenvalue weighted by Crippen LogP contribution is 2.37. The molecule has 18 heavy (non-hydrogen) atoms. The van der Waals surface area contributed by atoms with Gasteiger partial charge in [-0.2, -0.15) is 0 Å². The first kappa shape index (κ1) is 15.3.